The van der Waals surface area contributed by atoms with E-state index < -0.39 is 0 Å². The summed E-state index contributed by atoms with van der Waals surface area (Å²) in [6, 6.07) is 9.86. The highest BCUT2D eigenvalue weighted by molar-refractivity contribution is 8.01. The number of benzene rings is 1. The van der Waals surface area contributed by atoms with Gasteiger partial charge in [0, 0.05) is 18.5 Å². The molecule has 1 saturated carbocycles. The normalized spacial score (nSPS) is 14.6. The van der Waals surface area contributed by atoms with Crippen LogP contribution < -0.4 is 10.6 Å². The molecule has 1 aromatic carbocycles. The van der Waals surface area contributed by atoms with Crippen molar-refractivity contribution in [2.75, 3.05) is 17.6 Å². The van der Waals surface area contributed by atoms with Gasteiger partial charge in [0.05, 0.1) is 5.75 Å². The molecule has 28 heavy (non-hydrogen) atoms. The quantitative estimate of drug-likeness (QED) is 0.596. The third-order valence-corrected chi connectivity index (χ3v) is 6.92. The van der Waals surface area contributed by atoms with Crippen LogP contribution in [0.4, 0.5) is 5.00 Å². The lowest BCUT2D eigenvalue weighted by molar-refractivity contribution is -0.118. The molecule has 0 aliphatic heterocycles. The van der Waals surface area contributed by atoms with Crippen LogP contribution in [0.15, 0.2) is 34.7 Å². The molecule has 0 saturated heterocycles. The Morgan fingerprint density at radius 1 is 1.14 bits per heavy atom. The first-order chi connectivity index (χ1) is 13.7. The molecule has 0 radical (unpaired) electrons. The van der Waals surface area contributed by atoms with Gasteiger partial charge in [-0.05, 0) is 25.7 Å². The van der Waals surface area contributed by atoms with Crippen LogP contribution in [0.2, 0.25) is 0 Å². The van der Waals surface area contributed by atoms with Crippen LogP contribution in [0.1, 0.15) is 45.4 Å². The number of nitrogens with one attached hydrogen (secondary N) is 2. The fourth-order valence-electron chi connectivity index (χ4n) is 3.45. The summed E-state index contributed by atoms with van der Waals surface area (Å²) >= 11 is 2.85. The maximum absolute atomic E-state index is 12.6. The van der Waals surface area contributed by atoms with Gasteiger partial charge in [0.25, 0.3) is 0 Å². The van der Waals surface area contributed by atoms with E-state index in [9.17, 15) is 9.59 Å². The van der Waals surface area contributed by atoms with E-state index in [-0.39, 0.29) is 11.8 Å². The molecular formula is C21H27N3O2S2. The summed E-state index contributed by atoms with van der Waals surface area (Å²) in [6.07, 6.45) is 6.62. The molecule has 0 spiro atoms. The Balaban J connectivity index is 1.71. The first kappa shape index (κ1) is 20.9. The first-order valence-corrected chi connectivity index (χ1v) is 11.7. The number of thioether (sulfide) groups is 1. The fourth-order valence-corrected chi connectivity index (χ4v) is 5.36. The second-order valence-corrected chi connectivity index (χ2v) is 9.24. The van der Waals surface area contributed by atoms with Crippen LogP contribution >= 0.6 is 23.1 Å². The third-order valence-electron chi connectivity index (χ3n) is 4.81. The maximum Gasteiger partial charge on any atom is 0.230 e. The lowest BCUT2D eigenvalue weighted by Gasteiger charge is -2.20. The minimum atomic E-state index is -0.00755. The Bertz CT molecular complexity index is 786. The lowest BCUT2D eigenvalue weighted by atomic mass is 9.87. The molecule has 1 fully saturated rings. The van der Waals surface area contributed by atoms with E-state index in [2.05, 4.69) is 10.6 Å². The number of hydrogen-bond acceptors (Lipinski definition) is 5. The highest BCUT2D eigenvalue weighted by Gasteiger charge is 2.20. The molecule has 0 bridgehead atoms. The van der Waals surface area contributed by atoms with E-state index in [0.717, 1.165) is 33.4 Å². The van der Waals surface area contributed by atoms with E-state index in [1.54, 1.807) is 0 Å². The minimum Gasteiger partial charge on any atom is -0.356 e. The molecule has 1 aliphatic rings. The molecule has 2 N–H and O–H groups in total. The van der Waals surface area contributed by atoms with Crippen molar-refractivity contribution in [2.45, 2.75) is 49.8 Å². The zero-order valence-corrected chi connectivity index (χ0v) is 17.8. The van der Waals surface area contributed by atoms with Crippen molar-refractivity contribution in [2.24, 2.45) is 5.92 Å². The number of thiazole rings is 1. The molecular weight excluding hydrogens is 390 g/mol. The van der Waals surface area contributed by atoms with Crippen LogP contribution in [-0.2, 0) is 9.59 Å². The summed E-state index contributed by atoms with van der Waals surface area (Å²) in [5.41, 5.74) is 1.75. The van der Waals surface area contributed by atoms with Crippen molar-refractivity contribution >= 4 is 39.9 Å². The van der Waals surface area contributed by atoms with Gasteiger partial charge in [0.15, 0.2) is 4.34 Å². The van der Waals surface area contributed by atoms with E-state index in [4.69, 9.17) is 4.98 Å². The maximum atomic E-state index is 12.6. The molecule has 0 atom stereocenters. The van der Waals surface area contributed by atoms with Crippen molar-refractivity contribution in [1.82, 2.24) is 10.3 Å². The Kier molecular flexibility index (Phi) is 7.91. The summed E-state index contributed by atoms with van der Waals surface area (Å²) in [5.74, 6) is 0.874. The largest absolute Gasteiger partial charge is 0.356 e. The highest BCUT2D eigenvalue weighted by atomic mass is 32.2. The van der Waals surface area contributed by atoms with Gasteiger partial charge in [-0.15, -0.1) is 0 Å². The van der Waals surface area contributed by atoms with Gasteiger partial charge in [0.2, 0.25) is 11.8 Å². The standard InChI is InChI=1S/C21H27N3O2S2/c1-2-22-18(26)14-27-21-24-19(16-11-7-4-8-12-16)20(28-21)23-17(25)13-15-9-5-3-6-10-15/h4,7-8,11-12,15H,2-3,5-6,9-10,13-14H2,1H3,(H,22,26)(H,23,25). The monoisotopic (exact) mass is 417 g/mol. The molecule has 0 unspecified atom stereocenters. The van der Waals surface area contributed by atoms with Crippen molar-refractivity contribution in [3.8, 4) is 11.3 Å². The SMILES string of the molecule is CCNC(=O)CSc1nc(-c2ccccc2)c(NC(=O)CC2CCCCC2)s1. The molecule has 2 amide bonds. The topological polar surface area (TPSA) is 71.1 Å². The van der Waals surface area contributed by atoms with E-state index in [1.807, 2.05) is 37.3 Å². The number of carbonyl (C=O) groups is 2. The van der Waals surface area contributed by atoms with Crippen molar-refractivity contribution in [3.63, 3.8) is 0 Å². The predicted octanol–water partition coefficient (Wildman–Crippen LogP) is 4.95. The molecule has 2 aromatic rings. The average molecular weight is 418 g/mol. The van der Waals surface area contributed by atoms with Crippen LogP contribution in [0, 0.1) is 5.92 Å². The zero-order valence-electron chi connectivity index (χ0n) is 16.2. The van der Waals surface area contributed by atoms with E-state index in [0.29, 0.717) is 24.6 Å². The number of nitrogens with zero attached hydrogens (tertiary/aromatic N) is 1. The number of anilines is 1. The van der Waals surface area contributed by atoms with Gasteiger partial charge in [-0.25, -0.2) is 4.98 Å². The summed E-state index contributed by atoms with van der Waals surface area (Å²) in [7, 11) is 0. The Morgan fingerprint density at radius 2 is 1.89 bits per heavy atom. The molecule has 1 aromatic heterocycles. The van der Waals surface area contributed by atoms with Crippen LogP contribution in [0.3, 0.4) is 0 Å². The molecule has 3 rings (SSSR count). The summed E-state index contributed by atoms with van der Waals surface area (Å²) < 4.78 is 0.790. The van der Waals surface area contributed by atoms with Gasteiger partial charge in [-0.1, -0.05) is 72.7 Å². The smallest absolute Gasteiger partial charge is 0.230 e. The average Bonchev–Trinajstić information content (AvgIpc) is 3.10. The van der Waals surface area contributed by atoms with Gasteiger partial charge in [0.1, 0.15) is 10.7 Å². The summed E-state index contributed by atoms with van der Waals surface area (Å²) in [4.78, 5) is 29.1. The number of carbonyl (C=O) groups excluding carboxylic acids is 2. The lowest BCUT2D eigenvalue weighted by Crippen LogP contribution is -2.24. The van der Waals surface area contributed by atoms with Gasteiger partial charge < -0.3 is 10.6 Å². The molecule has 5 nitrogen and oxygen atoms in total. The van der Waals surface area contributed by atoms with Crippen LogP contribution in [0.5, 0.6) is 0 Å². The summed E-state index contributed by atoms with van der Waals surface area (Å²) in [5, 5.41) is 6.66. The number of aromatic nitrogens is 1. The van der Waals surface area contributed by atoms with Crippen LogP contribution in [-0.4, -0.2) is 29.1 Å². The van der Waals surface area contributed by atoms with Gasteiger partial charge in [-0.3, -0.25) is 9.59 Å². The molecule has 1 heterocycles. The first-order valence-electron chi connectivity index (χ1n) is 9.91. The number of hydrogen-bond donors (Lipinski definition) is 2. The minimum absolute atomic E-state index is 0.00755. The van der Waals surface area contributed by atoms with Gasteiger partial charge in [-0.2, -0.15) is 0 Å². The number of rotatable bonds is 8. The summed E-state index contributed by atoms with van der Waals surface area (Å²) in [6.45, 7) is 2.52. The Morgan fingerprint density at radius 3 is 2.61 bits per heavy atom. The highest BCUT2D eigenvalue weighted by Crippen LogP contribution is 2.38. The van der Waals surface area contributed by atoms with E-state index >= 15 is 0 Å². The zero-order chi connectivity index (χ0) is 19.8. The van der Waals surface area contributed by atoms with Crippen LogP contribution in [0.25, 0.3) is 11.3 Å². The van der Waals surface area contributed by atoms with Gasteiger partial charge >= 0.3 is 0 Å². The van der Waals surface area contributed by atoms with Crippen molar-refractivity contribution in [1.29, 1.82) is 0 Å². The van der Waals surface area contributed by atoms with Crippen molar-refractivity contribution < 1.29 is 9.59 Å². The van der Waals surface area contributed by atoms with Crippen molar-refractivity contribution in [3.05, 3.63) is 30.3 Å². The Labute approximate surface area is 174 Å². The predicted molar refractivity (Wildman–Crippen MR) is 117 cm³/mol. The Hall–Kier alpha value is -1.86. The molecule has 1 aliphatic carbocycles. The number of amides is 2. The van der Waals surface area contributed by atoms with E-state index in [1.165, 1.54) is 42.4 Å². The fraction of sp³-hybridized carbons (Fsp3) is 0.476. The molecule has 7 heteroatoms. The molecule has 150 valence electrons. The second-order valence-electron chi connectivity index (χ2n) is 7.02. The third kappa shape index (κ3) is 6.07. The second kappa shape index (κ2) is 10.6.